The van der Waals surface area contributed by atoms with Crippen LogP contribution in [0.4, 0.5) is 0 Å². The molecule has 0 rings (SSSR count). The smallest absolute Gasteiger partial charge is 0.308 e. The zero-order chi connectivity index (χ0) is 12.4. The Balaban J connectivity index is 3.34. The molecule has 0 aliphatic carbocycles. The van der Waals surface area contributed by atoms with Gasteiger partial charge in [-0.1, -0.05) is 59.8 Å². The molecular formula is C14H28O2. The Morgan fingerprint density at radius 2 is 1.56 bits per heavy atom. The molecule has 0 fully saturated rings. The third kappa shape index (κ3) is 7.72. The van der Waals surface area contributed by atoms with Gasteiger partial charge in [-0.15, -0.1) is 0 Å². The van der Waals surface area contributed by atoms with E-state index in [2.05, 4.69) is 20.8 Å². The Morgan fingerprint density at radius 3 is 2.12 bits per heavy atom. The summed E-state index contributed by atoms with van der Waals surface area (Å²) in [4.78, 5) is 11.5. The maximum Gasteiger partial charge on any atom is 0.308 e. The molecule has 0 spiro atoms. The summed E-state index contributed by atoms with van der Waals surface area (Å²) in [5, 5.41) is 0. The van der Waals surface area contributed by atoms with Crippen LogP contribution in [0.3, 0.4) is 0 Å². The van der Waals surface area contributed by atoms with Crippen molar-refractivity contribution in [3.8, 4) is 0 Å². The monoisotopic (exact) mass is 228 g/mol. The van der Waals surface area contributed by atoms with Crippen molar-refractivity contribution in [2.45, 2.75) is 66.2 Å². The van der Waals surface area contributed by atoms with Crippen LogP contribution in [0.2, 0.25) is 0 Å². The molecule has 1 unspecified atom stereocenters. The van der Waals surface area contributed by atoms with E-state index in [1.54, 1.807) is 0 Å². The number of hydrogen-bond acceptors (Lipinski definition) is 2. The highest BCUT2D eigenvalue weighted by molar-refractivity contribution is 5.72. The molecule has 0 aromatic rings. The molecule has 2 heteroatoms. The van der Waals surface area contributed by atoms with Crippen molar-refractivity contribution in [1.29, 1.82) is 0 Å². The summed E-state index contributed by atoms with van der Waals surface area (Å²) in [6.07, 6.45) is 7.38. The van der Waals surface area contributed by atoms with Gasteiger partial charge in [0.15, 0.2) is 0 Å². The number of esters is 1. The Hall–Kier alpha value is -0.530. The minimum Gasteiger partial charge on any atom is -0.465 e. The van der Waals surface area contributed by atoms with E-state index in [4.69, 9.17) is 4.74 Å². The number of carbonyl (C=O) groups is 1. The van der Waals surface area contributed by atoms with Gasteiger partial charge in [0, 0.05) is 0 Å². The predicted octanol–water partition coefficient (Wildman–Crippen LogP) is 4.18. The predicted molar refractivity (Wildman–Crippen MR) is 68.3 cm³/mol. The van der Waals surface area contributed by atoms with Crippen molar-refractivity contribution in [1.82, 2.24) is 0 Å². The van der Waals surface area contributed by atoms with E-state index in [1.807, 2.05) is 6.92 Å². The maximum absolute atomic E-state index is 11.5. The first-order valence-electron chi connectivity index (χ1n) is 6.76. The highest BCUT2D eigenvalue weighted by Gasteiger charge is 2.17. The van der Waals surface area contributed by atoms with Crippen molar-refractivity contribution < 1.29 is 9.53 Å². The zero-order valence-corrected chi connectivity index (χ0v) is 11.4. The standard InChI is InChI=1S/C14H28O2/c1-5-6-7-8-9-10-11-16-14(15)13(4)12(2)3/h12-13H,5-11H2,1-4H3. The molecule has 0 aliphatic rings. The second-order valence-electron chi connectivity index (χ2n) is 4.97. The molecule has 16 heavy (non-hydrogen) atoms. The highest BCUT2D eigenvalue weighted by Crippen LogP contribution is 2.12. The van der Waals surface area contributed by atoms with E-state index in [1.165, 1.54) is 32.1 Å². The largest absolute Gasteiger partial charge is 0.465 e. The first-order valence-corrected chi connectivity index (χ1v) is 6.76. The molecular weight excluding hydrogens is 200 g/mol. The zero-order valence-electron chi connectivity index (χ0n) is 11.4. The number of ether oxygens (including phenoxy) is 1. The molecule has 0 saturated heterocycles. The van der Waals surface area contributed by atoms with Gasteiger partial charge in [0.25, 0.3) is 0 Å². The summed E-state index contributed by atoms with van der Waals surface area (Å²) in [5.74, 6) is 0.362. The molecule has 0 saturated carbocycles. The second-order valence-corrected chi connectivity index (χ2v) is 4.97. The third-order valence-corrected chi connectivity index (χ3v) is 3.11. The average Bonchev–Trinajstić information content (AvgIpc) is 2.26. The van der Waals surface area contributed by atoms with Crippen LogP contribution in [0.5, 0.6) is 0 Å². The van der Waals surface area contributed by atoms with Gasteiger partial charge in [-0.3, -0.25) is 4.79 Å². The van der Waals surface area contributed by atoms with Gasteiger partial charge >= 0.3 is 5.97 Å². The van der Waals surface area contributed by atoms with E-state index in [0.717, 1.165) is 6.42 Å². The minimum atomic E-state index is -0.0384. The maximum atomic E-state index is 11.5. The van der Waals surface area contributed by atoms with Crippen LogP contribution in [0, 0.1) is 11.8 Å². The van der Waals surface area contributed by atoms with Crippen LogP contribution in [-0.2, 0) is 9.53 Å². The normalized spacial score (nSPS) is 12.8. The number of rotatable bonds is 9. The Kier molecular flexibility index (Phi) is 9.36. The Labute approximate surface area is 101 Å². The summed E-state index contributed by atoms with van der Waals surface area (Å²) in [6, 6.07) is 0. The highest BCUT2D eigenvalue weighted by atomic mass is 16.5. The summed E-state index contributed by atoms with van der Waals surface area (Å²) in [6.45, 7) is 8.86. The van der Waals surface area contributed by atoms with Crippen LogP contribution in [0.1, 0.15) is 66.2 Å². The van der Waals surface area contributed by atoms with E-state index >= 15 is 0 Å². The molecule has 2 nitrogen and oxygen atoms in total. The summed E-state index contributed by atoms with van der Waals surface area (Å²) in [5.41, 5.74) is 0. The van der Waals surface area contributed by atoms with Crippen molar-refractivity contribution in [2.75, 3.05) is 6.61 Å². The lowest BCUT2D eigenvalue weighted by molar-refractivity contribution is -0.149. The van der Waals surface area contributed by atoms with Crippen molar-refractivity contribution >= 4 is 5.97 Å². The molecule has 1 atom stereocenters. The average molecular weight is 228 g/mol. The lowest BCUT2D eigenvalue weighted by Gasteiger charge is -2.14. The van der Waals surface area contributed by atoms with Crippen LogP contribution >= 0.6 is 0 Å². The minimum absolute atomic E-state index is 0.0279. The molecule has 96 valence electrons. The summed E-state index contributed by atoms with van der Waals surface area (Å²) < 4.78 is 5.23. The van der Waals surface area contributed by atoms with Crippen LogP contribution in [0.25, 0.3) is 0 Å². The topological polar surface area (TPSA) is 26.3 Å². The van der Waals surface area contributed by atoms with Gasteiger partial charge in [0.05, 0.1) is 12.5 Å². The van der Waals surface area contributed by atoms with Crippen LogP contribution in [-0.4, -0.2) is 12.6 Å². The molecule has 0 bridgehead atoms. The van der Waals surface area contributed by atoms with E-state index in [0.29, 0.717) is 12.5 Å². The van der Waals surface area contributed by atoms with Crippen molar-refractivity contribution in [3.05, 3.63) is 0 Å². The molecule has 0 radical (unpaired) electrons. The van der Waals surface area contributed by atoms with Crippen molar-refractivity contribution in [2.24, 2.45) is 11.8 Å². The molecule has 0 amide bonds. The van der Waals surface area contributed by atoms with Gasteiger partial charge < -0.3 is 4.74 Å². The van der Waals surface area contributed by atoms with Gasteiger partial charge in [-0.2, -0.15) is 0 Å². The fraction of sp³-hybridized carbons (Fsp3) is 0.929. The van der Waals surface area contributed by atoms with E-state index in [-0.39, 0.29) is 11.9 Å². The molecule has 0 aromatic carbocycles. The van der Waals surface area contributed by atoms with Gasteiger partial charge in [-0.05, 0) is 12.3 Å². The quantitative estimate of drug-likeness (QED) is 0.437. The number of hydrogen-bond donors (Lipinski definition) is 0. The number of unbranched alkanes of at least 4 members (excludes halogenated alkanes) is 5. The second kappa shape index (κ2) is 9.68. The van der Waals surface area contributed by atoms with Gasteiger partial charge in [-0.25, -0.2) is 0 Å². The molecule has 0 heterocycles. The first-order chi connectivity index (χ1) is 7.59. The van der Waals surface area contributed by atoms with E-state index in [9.17, 15) is 4.79 Å². The summed E-state index contributed by atoms with van der Waals surface area (Å²) in [7, 11) is 0. The molecule has 0 N–H and O–H groups in total. The Morgan fingerprint density at radius 1 is 1.00 bits per heavy atom. The fourth-order valence-electron chi connectivity index (χ4n) is 1.46. The first kappa shape index (κ1) is 15.5. The third-order valence-electron chi connectivity index (χ3n) is 3.11. The van der Waals surface area contributed by atoms with Gasteiger partial charge in [0.2, 0.25) is 0 Å². The number of carbonyl (C=O) groups excluding carboxylic acids is 1. The van der Waals surface area contributed by atoms with E-state index < -0.39 is 0 Å². The Bertz CT molecular complexity index is 176. The lowest BCUT2D eigenvalue weighted by Crippen LogP contribution is -2.20. The fourth-order valence-corrected chi connectivity index (χ4v) is 1.46. The van der Waals surface area contributed by atoms with Crippen LogP contribution < -0.4 is 0 Å². The molecule has 0 aromatic heterocycles. The molecule has 0 aliphatic heterocycles. The lowest BCUT2D eigenvalue weighted by atomic mass is 9.99. The van der Waals surface area contributed by atoms with Crippen LogP contribution in [0.15, 0.2) is 0 Å². The van der Waals surface area contributed by atoms with Crippen molar-refractivity contribution in [3.63, 3.8) is 0 Å². The van der Waals surface area contributed by atoms with Gasteiger partial charge in [0.1, 0.15) is 0 Å². The SMILES string of the molecule is CCCCCCCCOC(=O)C(C)C(C)C. The summed E-state index contributed by atoms with van der Waals surface area (Å²) >= 11 is 0.